The van der Waals surface area contributed by atoms with Crippen LogP contribution in [0.4, 0.5) is 11.6 Å². The molecule has 0 atom stereocenters. The number of carboxylic acids is 1. The number of nitrogens with zero attached hydrogens (tertiary/aromatic N) is 4. The fourth-order valence-electron chi connectivity index (χ4n) is 5.16. The molecule has 2 aromatic heterocycles. The smallest absolute Gasteiger partial charge is 0.307 e. The van der Waals surface area contributed by atoms with Gasteiger partial charge in [-0.2, -0.15) is 0 Å². The molecule has 0 amide bonds. The number of aromatic nitrogens is 3. The average molecular weight is 521 g/mol. The van der Waals surface area contributed by atoms with Crippen LogP contribution in [0.5, 0.6) is 5.75 Å². The Morgan fingerprint density at radius 1 is 1.11 bits per heavy atom. The van der Waals surface area contributed by atoms with E-state index in [0.29, 0.717) is 36.5 Å². The summed E-state index contributed by atoms with van der Waals surface area (Å²) in [7, 11) is 1.66. The Morgan fingerprint density at radius 2 is 1.84 bits per heavy atom. The fraction of sp³-hybridized carbons (Fsp3) is 0.321. The number of aryl methyl sites for hydroxylation is 1. The van der Waals surface area contributed by atoms with Gasteiger partial charge in [0.25, 0.3) is 0 Å². The van der Waals surface area contributed by atoms with Crippen LogP contribution in [0.15, 0.2) is 42.7 Å². The maximum absolute atomic E-state index is 12.0. The molecular formula is C28H29ClN4O4. The Labute approximate surface area is 220 Å². The zero-order valence-electron chi connectivity index (χ0n) is 21.1. The van der Waals surface area contributed by atoms with Gasteiger partial charge in [-0.25, -0.2) is 9.97 Å². The van der Waals surface area contributed by atoms with E-state index in [1.165, 1.54) is 0 Å². The lowest BCUT2D eigenvalue weighted by Gasteiger charge is -2.33. The van der Waals surface area contributed by atoms with Crippen LogP contribution < -0.4 is 9.64 Å². The molecule has 0 saturated carbocycles. The van der Waals surface area contributed by atoms with Gasteiger partial charge in [0.1, 0.15) is 0 Å². The summed E-state index contributed by atoms with van der Waals surface area (Å²) in [6.45, 7) is 6.66. The molecule has 2 aromatic carbocycles. The van der Waals surface area contributed by atoms with Crippen molar-refractivity contribution in [2.45, 2.75) is 33.2 Å². The number of anilines is 2. The van der Waals surface area contributed by atoms with E-state index >= 15 is 0 Å². The fourth-order valence-corrected chi connectivity index (χ4v) is 5.28. The first-order chi connectivity index (χ1) is 17.9. The number of carboxylic acid groups (broad SMARTS) is 1. The van der Waals surface area contributed by atoms with Crippen LogP contribution in [0, 0.1) is 13.8 Å². The van der Waals surface area contributed by atoms with Crippen molar-refractivity contribution in [3.05, 3.63) is 64.6 Å². The SMILES string of the molecule is COCCCOc1cnc(N2CCn3c(C)cc4c(-c5ccc(Cl)cc5)c(CC(=O)O)c(C)c2c43)nc1. The van der Waals surface area contributed by atoms with Crippen molar-refractivity contribution >= 4 is 40.1 Å². The minimum Gasteiger partial charge on any atom is -0.490 e. The molecule has 8 nitrogen and oxygen atoms in total. The van der Waals surface area contributed by atoms with Gasteiger partial charge in [-0.1, -0.05) is 23.7 Å². The second-order valence-corrected chi connectivity index (χ2v) is 9.61. The van der Waals surface area contributed by atoms with E-state index in [1.54, 1.807) is 19.5 Å². The van der Waals surface area contributed by atoms with Crippen molar-refractivity contribution in [2.24, 2.45) is 0 Å². The van der Waals surface area contributed by atoms with Gasteiger partial charge in [-0.3, -0.25) is 4.79 Å². The van der Waals surface area contributed by atoms with Gasteiger partial charge in [0.05, 0.1) is 36.6 Å². The molecular weight excluding hydrogens is 492 g/mol. The number of aliphatic carboxylic acids is 1. The van der Waals surface area contributed by atoms with E-state index in [2.05, 4.69) is 32.4 Å². The highest BCUT2D eigenvalue weighted by molar-refractivity contribution is 6.30. The maximum atomic E-state index is 12.0. The highest BCUT2D eigenvalue weighted by Crippen LogP contribution is 2.46. The topological polar surface area (TPSA) is 89.7 Å². The number of rotatable bonds is 9. The molecule has 5 rings (SSSR count). The lowest BCUT2D eigenvalue weighted by molar-refractivity contribution is -0.136. The van der Waals surface area contributed by atoms with Gasteiger partial charge in [0.15, 0.2) is 5.75 Å². The summed E-state index contributed by atoms with van der Waals surface area (Å²) in [5, 5.41) is 11.5. The third-order valence-corrected chi connectivity index (χ3v) is 7.05. The Hall–Kier alpha value is -3.62. The molecule has 0 bridgehead atoms. The molecule has 3 heterocycles. The molecule has 1 aliphatic heterocycles. The number of ether oxygens (including phenoxy) is 2. The largest absolute Gasteiger partial charge is 0.490 e. The van der Waals surface area contributed by atoms with Crippen molar-refractivity contribution in [1.29, 1.82) is 0 Å². The summed E-state index contributed by atoms with van der Waals surface area (Å²) < 4.78 is 13.1. The predicted octanol–water partition coefficient (Wildman–Crippen LogP) is 5.56. The molecule has 9 heteroatoms. The van der Waals surface area contributed by atoms with Crippen molar-refractivity contribution in [3.8, 4) is 16.9 Å². The Balaban J connectivity index is 1.64. The van der Waals surface area contributed by atoms with Crippen molar-refractivity contribution < 1.29 is 19.4 Å². The minimum atomic E-state index is -0.880. The average Bonchev–Trinajstić information content (AvgIpc) is 3.22. The second kappa shape index (κ2) is 10.4. The van der Waals surface area contributed by atoms with Gasteiger partial charge < -0.3 is 24.0 Å². The lowest BCUT2D eigenvalue weighted by atomic mass is 9.88. The molecule has 37 heavy (non-hydrogen) atoms. The number of hydrogen-bond donors (Lipinski definition) is 1. The third-order valence-electron chi connectivity index (χ3n) is 6.80. The summed E-state index contributed by atoms with van der Waals surface area (Å²) in [5.41, 5.74) is 6.68. The quantitative estimate of drug-likeness (QED) is 0.289. The van der Waals surface area contributed by atoms with Crippen LogP contribution in [0.3, 0.4) is 0 Å². The van der Waals surface area contributed by atoms with E-state index in [4.69, 9.17) is 21.1 Å². The minimum absolute atomic E-state index is 0.0973. The molecule has 1 aliphatic rings. The van der Waals surface area contributed by atoms with Gasteiger partial charge in [-0.05, 0) is 54.3 Å². The molecule has 4 aromatic rings. The van der Waals surface area contributed by atoms with Gasteiger partial charge in [0.2, 0.25) is 5.95 Å². The zero-order chi connectivity index (χ0) is 26.1. The van der Waals surface area contributed by atoms with Crippen molar-refractivity contribution in [2.75, 3.05) is 31.8 Å². The van der Waals surface area contributed by atoms with Crippen LogP contribution in [-0.2, 0) is 22.5 Å². The number of hydrogen-bond acceptors (Lipinski definition) is 6. The Morgan fingerprint density at radius 3 is 2.51 bits per heavy atom. The third kappa shape index (κ3) is 4.74. The van der Waals surface area contributed by atoms with Gasteiger partial charge in [-0.15, -0.1) is 0 Å². The van der Waals surface area contributed by atoms with Gasteiger partial charge >= 0.3 is 5.97 Å². The summed E-state index contributed by atoms with van der Waals surface area (Å²) >= 11 is 6.17. The molecule has 0 fully saturated rings. The summed E-state index contributed by atoms with van der Waals surface area (Å²) in [6, 6.07) is 9.73. The van der Waals surface area contributed by atoms with Crippen LogP contribution in [0.1, 0.15) is 23.2 Å². The Kier molecular flexibility index (Phi) is 7.04. The van der Waals surface area contributed by atoms with Crippen LogP contribution in [-0.4, -0.2) is 52.5 Å². The van der Waals surface area contributed by atoms with E-state index in [1.807, 2.05) is 31.2 Å². The molecule has 0 spiro atoms. The highest BCUT2D eigenvalue weighted by atomic mass is 35.5. The number of carbonyl (C=O) groups is 1. The van der Waals surface area contributed by atoms with E-state index in [-0.39, 0.29) is 6.42 Å². The molecule has 0 radical (unpaired) electrons. The first kappa shape index (κ1) is 25.0. The maximum Gasteiger partial charge on any atom is 0.307 e. The number of benzene rings is 2. The first-order valence-corrected chi connectivity index (χ1v) is 12.6. The zero-order valence-corrected chi connectivity index (χ0v) is 21.9. The van der Waals surface area contributed by atoms with E-state index < -0.39 is 5.97 Å². The predicted molar refractivity (Wildman–Crippen MR) is 144 cm³/mol. The molecule has 0 unspecified atom stereocenters. The molecule has 0 aliphatic carbocycles. The second-order valence-electron chi connectivity index (χ2n) is 9.17. The standard InChI is InChI=1S/C28H29ClN4O4/c1-17-13-23-25(19-5-7-20(29)8-6-19)22(14-24(34)35)18(2)26-27(23)32(17)9-10-33(26)28-30-15-21(16-31-28)37-12-4-11-36-3/h5-8,13,15-16H,4,9-12,14H2,1-3H3,(H,34,35). The van der Waals surface area contributed by atoms with Crippen LogP contribution in [0.2, 0.25) is 5.02 Å². The first-order valence-electron chi connectivity index (χ1n) is 12.2. The Bertz CT molecular complexity index is 1450. The van der Waals surface area contributed by atoms with Crippen molar-refractivity contribution in [1.82, 2.24) is 14.5 Å². The summed E-state index contributed by atoms with van der Waals surface area (Å²) in [4.78, 5) is 23.3. The molecule has 0 saturated heterocycles. The summed E-state index contributed by atoms with van der Waals surface area (Å²) in [5.74, 6) is 0.275. The summed E-state index contributed by atoms with van der Waals surface area (Å²) in [6.07, 6.45) is 4.05. The monoisotopic (exact) mass is 520 g/mol. The van der Waals surface area contributed by atoms with Crippen LogP contribution >= 0.6 is 11.6 Å². The number of halogens is 1. The van der Waals surface area contributed by atoms with Crippen molar-refractivity contribution in [3.63, 3.8) is 0 Å². The van der Waals surface area contributed by atoms with Crippen LogP contribution in [0.25, 0.3) is 22.0 Å². The van der Waals surface area contributed by atoms with Gasteiger partial charge in [0, 0.05) is 49.3 Å². The van der Waals surface area contributed by atoms with E-state index in [9.17, 15) is 9.90 Å². The van der Waals surface area contributed by atoms with E-state index in [0.717, 1.165) is 57.5 Å². The molecule has 1 N–H and O–H groups in total. The number of methoxy groups -OCH3 is 1. The lowest BCUT2D eigenvalue weighted by Crippen LogP contribution is -2.30. The molecule has 192 valence electrons. The highest BCUT2D eigenvalue weighted by Gasteiger charge is 2.30. The normalized spacial score (nSPS) is 12.8.